The number of likely N-dealkylation sites (tertiary alicyclic amines) is 1. The lowest BCUT2D eigenvalue weighted by Gasteiger charge is -2.18. The molecule has 0 aliphatic carbocycles. The lowest BCUT2D eigenvalue weighted by atomic mass is 10.1. The van der Waals surface area contributed by atoms with Crippen molar-refractivity contribution in [3.05, 3.63) is 52.8 Å². The number of nitrogens with zero attached hydrogens (tertiary/aromatic N) is 5. The van der Waals surface area contributed by atoms with E-state index in [1.807, 2.05) is 23.9 Å². The van der Waals surface area contributed by atoms with E-state index in [0.29, 0.717) is 31.7 Å². The molecule has 9 nitrogen and oxygen atoms in total. The van der Waals surface area contributed by atoms with Gasteiger partial charge in [0.2, 0.25) is 0 Å². The van der Waals surface area contributed by atoms with Crippen molar-refractivity contribution in [2.45, 2.75) is 52.6 Å². The highest BCUT2D eigenvalue weighted by Gasteiger charge is 2.29. The molecule has 4 rings (SSSR count). The maximum absolute atomic E-state index is 12.4. The zero-order valence-corrected chi connectivity index (χ0v) is 20.4. The van der Waals surface area contributed by atoms with E-state index in [9.17, 15) is 9.59 Å². The zero-order valence-electron chi connectivity index (χ0n) is 20.4. The normalized spacial score (nSPS) is 15.9. The minimum absolute atomic E-state index is 0.0584. The number of aromatic nitrogens is 4. The number of aryl methyl sites for hydroxylation is 2. The Kier molecular flexibility index (Phi) is 6.92. The first kappa shape index (κ1) is 24.1. The van der Waals surface area contributed by atoms with Crippen LogP contribution in [0.25, 0.3) is 11.3 Å². The van der Waals surface area contributed by atoms with Crippen molar-refractivity contribution in [3.8, 4) is 23.1 Å². The monoisotopic (exact) mass is 473 g/mol. The van der Waals surface area contributed by atoms with E-state index in [1.54, 1.807) is 16.5 Å². The quantitative estimate of drug-likeness (QED) is 0.551. The van der Waals surface area contributed by atoms with Crippen LogP contribution in [0.4, 0.5) is 5.82 Å². The third kappa shape index (κ3) is 5.06. The average Bonchev–Trinajstić information content (AvgIpc) is 3.22. The fraction of sp³-hybridized carbons (Fsp3) is 0.385. The molecule has 4 N–H and O–H groups in total. The number of rotatable bonds is 5. The molecule has 1 atom stereocenters. The van der Waals surface area contributed by atoms with Crippen molar-refractivity contribution in [3.63, 3.8) is 0 Å². The van der Waals surface area contributed by atoms with Crippen LogP contribution in [0.1, 0.15) is 59.4 Å². The second-order valence-electron chi connectivity index (χ2n) is 8.98. The number of hydrogen-bond donors (Lipinski definition) is 2. The molecule has 3 aromatic rings. The molecule has 1 saturated heterocycles. The third-order valence-electron chi connectivity index (χ3n) is 6.39. The summed E-state index contributed by atoms with van der Waals surface area (Å²) in [4.78, 5) is 26.4. The predicted octanol–water partition coefficient (Wildman–Crippen LogP) is 2.67. The molecule has 1 aliphatic heterocycles. The number of carbonyl (C=O) groups is 2. The number of primary amides is 1. The number of benzene rings is 1. The van der Waals surface area contributed by atoms with Crippen molar-refractivity contribution in [1.29, 1.82) is 0 Å². The van der Waals surface area contributed by atoms with Crippen LogP contribution in [0.2, 0.25) is 0 Å². The van der Waals surface area contributed by atoms with Crippen LogP contribution in [0.5, 0.6) is 0 Å². The van der Waals surface area contributed by atoms with E-state index in [4.69, 9.17) is 16.6 Å². The van der Waals surface area contributed by atoms with Crippen molar-refractivity contribution in [2.24, 2.45) is 5.73 Å². The third-order valence-corrected chi connectivity index (χ3v) is 6.39. The number of nitrogens with two attached hydrogens (primary N) is 2. The van der Waals surface area contributed by atoms with E-state index < -0.39 is 5.91 Å². The molecule has 1 fully saturated rings. The molecular formula is C26H31N7O2. The van der Waals surface area contributed by atoms with E-state index in [-0.39, 0.29) is 23.3 Å². The Hall–Kier alpha value is -4.06. The number of anilines is 1. The van der Waals surface area contributed by atoms with Gasteiger partial charge in [-0.2, -0.15) is 10.2 Å². The lowest BCUT2D eigenvalue weighted by Crippen LogP contribution is -2.31. The van der Waals surface area contributed by atoms with E-state index >= 15 is 0 Å². The first-order valence-electron chi connectivity index (χ1n) is 11.8. The standard InChI is InChI=1S/C26H31N7O2/c1-4-7-22(34)31-12-6-10-20(11-13-31)33-25(27)23(26(28)35)24(30-33)21-16-32(29-18(21)3)15-19-9-5-8-17(2)14-19/h5,8-9,14,16,20H,6,10-13,15,27H2,1-3H3,(H2,28,35)/t20-/m0/s1. The first-order chi connectivity index (χ1) is 16.8. The molecule has 1 aliphatic rings. The Labute approximate surface area is 205 Å². The summed E-state index contributed by atoms with van der Waals surface area (Å²) in [5.41, 5.74) is 16.6. The number of amides is 2. The van der Waals surface area contributed by atoms with Crippen molar-refractivity contribution < 1.29 is 9.59 Å². The molecule has 1 aromatic carbocycles. The SMILES string of the molecule is CC#CC(=O)N1CCC[C@H](n2nc(-c3cn(Cc4cccc(C)c4)nc3C)c(C(N)=O)c2N)CC1. The van der Waals surface area contributed by atoms with Crippen LogP contribution in [0.15, 0.2) is 30.5 Å². The van der Waals surface area contributed by atoms with Crippen molar-refractivity contribution in [1.82, 2.24) is 24.5 Å². The lowest BCUT2D eigenvalue weighted by molar-refractivity contribution is -0.125. The average molecular weight is 474 g/mol. The van der Waals surface area contributed by atoms with E-state index in [2.05, 4.69) is 42.1 Å². The Bertz CT molecular complexity index is 1330. The van der Waals surface area contributed by atoms with Crippen molar-refractivity contribution in [2.75, 3.05) is 18.8 Å². The molecule has 2 amide bonds. The summed E-state index contributed by atoms with van der Waals surface area (Å²) in [6.45, 7) is 7.36. The number of hydrogen-bond acceptors (Lipinski definition) is 5. The van der Waals surface area contributed by atoms with Crippen LogP contribution >= 0.6 is 0 Å². The summed E-state index contributed by atoms with van der Waals surface area (Å²) in [5.74, 6) is 4.72. The van der Waals surface area contributed by atoms with Gasteiger partial charge in [-0.3, -0.25) is 14.3 Å². The van der Waals surface area contributed by atoms with Crippen LogP contribution in [0, 0.1) is 25.7 Å². The molecule has 9 heteroatoms. The van der Waals surface area contributed by atoms with E-state index in [0.717, 1.165) is 29.7 Å². The molecule has 0 radical (unpaired) electrons. The molecule has 0 unspecified atom stereocenters. The van der Waals surface area contributed by atoms with Crippen molar-refractivity contribution >= 4 is 17.6 Å². The summed E-state index contributed by atoms with van der Waals surface area (Å²) < 4.78 is 3.54. The summed E-state index contributed by atoms with van der Waals surface area (Å²) in [5, 5.41) is 9.42. The summed E-state index contributed by atoms with van der Waals surface area (Å²) in [6.07, 6.45) is 4.10. The van der Waals surface area contributed by atoms with Gasteiger partial charge in [0, 0.05) is 24.8 Å². The summed E-state index contributed by atoms with van der Waals surface area (Å²) in [6, 6.07) is 8.18. The zero-order chi connectivity index (χ0) is 25.1. The van der Waals surface area contributed by atoms with Gasteiger partial charge in [-0.15, -0.1) is 0 Å². The van der Waals surface area contributed by atoms with Gasteiger partial charge < -0.3 is 16.4 Å². The van der Waals surface area contributed by atoms with Crippen LogP contribution in [-0.2, 0) is 11.3 Å². The topological polar surface area (TPSA) is 125 Å². The maximum Gasteiger partial charge on any atom is 0.298 e. The molecule has 3 heterocycles. The Balaban J connectivity index is 1.65. The smallest absolute Gasteiger partial charge is 0.298 e. The first-order valence-corrected chi connectivity index (χ1v) is 11.8. The maximum atomic E-state index is 12.4. The summed E-state index contributed by atoms with van der Waals surface area (Å²) >= 11 is 0. The largest absolute Gasteiger partial charge is 0.383 e. The van der Waals surface area contributed by atoms with Gasteiger partial charge in [-0.25, -0.2) is 4.68 Å². The fourth-order valence-corrected chi connectivity index (χ4v) is 4.70. The molecule has 182 valence electrons. The number of nitrogen functional groups attached to an aromatic ring is 1. The van der Waals surface area contributed by atoms with Gasteiger partial charge in [-0.1, -0.05) is 35.7 Å². The second kappa shape index (κ2) is 10.1. The predicted molar refractivity (Wildman–Crippen MR) is 134 cm³/mol. The van der Waals surface area contributed by atoms with Gasteiger partial charge in [-0.05, 0) is 51.5 Å². The molecule has 2 aromatic heterocycles. The highest BCUT2D eigenvalue weighted by Crippen LogP contribution is 2.33. The Morgan fingerprint density at radius 1 is 1.17 bits per heavy atom. The minimum Gasteiger partial charge on any atom is -0.383 e. The van der Waals surface area contributed by atoms with Gasteiger partial charge in [0.1, 0.15) is 17.1 Å². The van der Waals surface area contributed by atoms with Gasteiger partial charge in [0.05, 0.1) is 18.3 Å². The highest BCUT2D eigenvalue weighted by atomic mass is 16.2. The highest BCUT2D eigenvalue weighted by molar-refractivity contribution is 6.03. The Morgan fingerprint density at radius 2 is 1.97 bits per heavy atom. The fourth-order valence-electron chi connectivity index (χ4n) is 4.70. The van der Waals surface area contributed by atoms with Gasteiger partial charge in [0.15, 0.2) is 0 Å². The van der Waals surface area contributed by atoms with Crippen LogP contribution < -0.4 is 11.5 Å². The summed E-state index contributed by atoms with van der Waals surface area (Å²) in [7, 11) is 0. The van der Waals surface area contributed by atoms with E-state index in [1.165, 1.54) is 5.56 Å². The van der Waals surface area contributed by atoms with Crippen LogP contribution in [0.3, 0.4) is 0 Å². The molecule has 0 spiro atoms. The van der Waals surface area contributed by atoms with Gasteiger partial charge >= 0.3 is 0 Å². The molecule has 0 bridgehead atoms. The minimum atomic E-state index is -0.627. The second-order valence-corrected chi connectivity index (χ2v) is 8.98. The van der Waals surface area contributed by atoms with Crippen LogP contribution in [-0.4, -0.2) is 49.4 Å². The molecular weight excluding hydrogens is 442 g/mol. The molecule has 35 heavy (non-hydrogen) atoms. The Morgan fingerprint density at radius 3 is 2.69 bits per heavy atom. The molecule has 0 saturated carbocycles. The number of carbonyl (C=O) groups excluding carboxylic acids is 2. The van der Waals surface area contributed by atoms with Gasteiger partial charge in [0.25, 0.3) is 11.8 Å².